The summed E-state index contributed by atoms with van der Waals surface area (Å²) in [4.78, 5) is 37.2. The molecule has 47 heavy (non-hydrogen) atoms. The van der Waals surface area contributed by atoms with Crippen LogP contribution in [0.15, 0.2) is 91.0 Å². The summed E-state index contributed by atoms with van der Waals surface area (Å²) >= 11 is -0.855. The van der Waals surface area contributed by atoms with Crippen LogP contribution in [-0.2, 0) is 19.2 Å². The standard InChI is InChI=1S/C32H17N8.C4H9O2.Ti/c1-2-10-18-17(9-1)25-33-26(18)38-28-21-13-5-6-14-22(21)30(35-28)40-32-24-16-8-7-15-23(24)31(36-32)39-29-20-12-4-3-11-19(20)27(34-29)37-25;1-3(5)4(2)6;/h1-15H,(H2,33,34,35,36,37,38,39,40);3-6H,1H2,2H3;/t;3-,4+;/m.1./s1. The molecular formula is C36H26N8O2Ti. The monoisotopic (exact) mass is 650 g/mol. The van der Waals surface area contributed by atoms with E-state index in [2.05, 4.69) is 16.0 Å². The van der Waals surface area contributed by atoms with Gasteiger partial charge in [0.05, 0.1) is 0 Å². The number of fused-ring (bicyclic) bond motifs is 20. The van der Waals surface area contributed by atoms with E-state index in [0.29, 0.717) is 50.6 Å². The van der Waals surface area contributed by atoms with Crippen molar-refractivity contribution in [2.75, 3.05) is 0 Å². The van der Waals surface area contributed by atoms with E-state index in [0.717, 1.165) is 47.7 Å². The van der Waals surface area contributed by atoms with Crippen molar-refractivity contribution < 1.29 is 29.4 Å². The van der Waals surface area contributed by atoms with Gasteiger partial charge in [0.25, 0.3) is 0 Å². The van der Waals surface area contributed by atoms with Gasteiger partial charge >= 0.3 is 272 Å². The predicted octanol–water partition coefficient (Wildman–Crippen LogP) is 5.74. The number of benzene rings is 4. The van der Waals surface area contributed by atoms with Crippen LogP contribution in [0.1, 0.15) is 6.92 Å². The molecule has 4 aromatic carbocycles. The van der Waals surface area contributed by atoms with Crippen molar-refractivity contribution in [1.29, 1.82) is 0 Å². The molecule has 11 heteroatoms. The Morgan fingerprint density at radius 3 is 1.47 bits per heavy atom. The van der Waals surface area contributed by atoms with Gasteiger partial charge in [0.2, 0.25) is 0 Å². The first-order valence-electron chi connectivity index (χ1n) is 15.3. The first-order chi connectivity index (χ1) is 23.0. The van der Waals surface area contributed by atoms with Crippen molar-refractivity contribution >= 4 is 48.0 Å². The summed E-state index contributed by atoms with van der Waals surface area (Å²) in [6.07, 6.45) is -1.59. The molecule has 5 heterocycles. The molecule has 0 radical (unpaired) electrons. The molecule has 0 saturated carbocycles. The Hall–Kier alpha value is -5.13. The number of nitrogens with zero attached hydrogens (tertiary/aromatic N) is 6. The van der Waals surface area contributed by atoms with E-state index in [1.54, 1.807) is 6.92 Å². The minimum atomic E-state index is -0.855. The van der Waals surface area contributed by atoms with Gasteiger partial charge in [-0.1, -0.05) is 6.07 Å². The first-order valence-corrected chi connectivity index (χ1v) is 17.2. The molecule has 8 bridgehead atoms. The number of aromatic amines is 2. The van der Waals surface area contributed by atoms with Crippen LogP contribution in [0.3, 0.4) is 0 Å². The molecular weight excluding hydrogens is 624 g/mol. The molecule has 3 aromatic heterocycles. The van der Waals surface area contributed by atoms with Gasteiger partial charge in [0.1, 0.15) is 0 Å². The normalized spacial score (nSPS) is 13.3. The number of aromatic nitrogens is 8. The average molecular weight is 651 g/mol. The van der Waals surface area contributed by atoms with Crippen molar-refractivity contribution in [2.24, 2.45) is 0 Å². The Morgan fingerprint density at radius 1 is 0.532 bits per heavy atom. The van der Waals surface area contributed by atoms with Crippen molar-refractivity contribution in [1.82, 2.24) is 39.9 Å². The van der Waals surface area contributed by atoms with Crippen LogP contribution >= 0.6 is 0 Å². The van der Waals surface area contributed by atoms with Gasteiger partial charge in [-0.25, -0.2) is 0 Å². The van der Waals surface area contributed by atoms with E-state index in [4.69, 9.17) is 29.9 Å². The van der Waals surface area contributed by atoms with Crippen molar-refractivity contribution in [3.05, 3.63) is 91.0 Å². The van der Waals surface area contributed by atoms with Crippen molar-refractivity contribution in [3.8, 4) is 45.6 Å². The Bertz CT molecular complexity index is 2550. The predicted molar refractivity (Wildman–Crippen MR) is 178 cm³/mol. The summed E-state index contributed by atoms with van der Waals surface area (Å²) in [5.74, 6) is 2.20. The zero-order valence-electron chi connectivity index (χ0n) is 25.1. The molecule has 2 aliphatic rings. The molecule has 9 rings (SSSR count). The van der Waals surface area contributed by atoms with Gasteiger partial charge in [0, 0.05) is 0 Å². The third-order valence-electron chi connectivity index (χ3n) is 8.64. The molecule has 0 spiro atoms. The zero-order valence-corrected chi connectivity index (χ0v) is 26.7. The third-order valence-corrected chi connectivity index (χ3v) is 10.9. The summed E-state index contributed by atoms with van der Waals surface area (Å²) < 4.78 is 1.61. The Kier molecular flexibility index (Phi) is 6.58. The number of rotatable bonds is 4. The average Bonchev–Trinajstić information content (AvgIpc) is 3.83. The summed E-state index contributed by atoms with van der Waals surface area (Å²) in [6.45, 7) is 1.62. The molecule has 0 aliphatic carbocycles. The van der Waals surface area contributed by atoms with Gasteiger partial charge in [-0.2, -0.15) is 0 Å². The van der Waals surface area contributed by atoms with Crippen molar-refractivity contribution in [2.45, 2.75) is 23.9 Å². The molecule has 2 aliphatic heterocycles. The molecule has 7 aromatic rings. The second kappa shape index (κ2) is 11.0. The van der Waals surface area contributed by atoms with E-state index < -0.39 is 31.4 Å². The van der Waals surface area contributed by atoms with Gasteiger partial charge in [0.15, 0.2) is 0 Å². The van der Waals surface area contributed by atoms with Crippen LogP contribution in [0, 0.1) is 0 Å². The van der Waals surface area contributed by atoms with Gasteiger partial charge < -0.3 is 0 Å². The van der Waals surface area contributed by atoms with Crippen LogP contribution in [0.2, 0.25) is 4.73 Å². The van der Waals surface area contributed by atoms with Gasteiger partial charge in [-0.05, 0) is 0 Å². The minimum absolute atomic E-state index is 0.514. The summed E-state index contributed by atoms with van der Waals surface area (Å²) in [5, 5.41) is 24.1. The second-order valence-electron chi connectivity index (χ2n) is 11.7. The first kappa shape index (κ1) is 28.1. The summed E-state index contributed by atoms with van der Waals surface area (Å²) in [5.41, 5.74) is 6.09. The fourth-order valence-electron chi connectivity index (χ4n) is 6.22. The molecule has 4 N–H and O–H groups in total. The quantitative estimate of drug-likeness (QED) is 0.176. The Balaban J connectivity index is 1.43. The van der Waals surface area contributed by atoms with E-state index >= 15 is 0 Å². The fraction of sp³-hybridized carbons (Fsp3) is 0.111. The molecule has 10 nitrogen and oxygen atoms in total. The molecule has 0 amide bonds. The van der Waals surface area contributed by atoms with Crippen LogP contribution in [-0.4, -0.2) is 62.3 Å². The van der Waals surface area contributed by atoms with E-state index in [1.807, 2.05) is 84.9 Å². The Labute approximate surface area is 276 Å². The van der Waals surface area contributed by atoms with Crippen LogP contribution in [0.25, 0.3) is 89.7 Å². The van der Waals surface area contributed by atoms with Crippen molar-refractivity contribution in [3.63, 3.8) is 0 Å². The molecule has 0 unspecified atom stereocenters. The molecule has 2 atom stereocenters. The van der Waals surface area contributed by atoms with Gasteiger partial charge in [-0.3, -0.25) is 0 Å². The second-order valence-corrected chi connectivity index (χ2v) is 13.7. The van der Waals surface area contributed by atoms with E-state index in [9.17, 15) is 10.2 Å². The fourth-order valence-corrected chi connectivity index (χ4v) is 8.43. The van der Waals surface area contributed by atoms with E-state index in [-0.39, 0.29) is 0 Å². The van der Waals surface area contributed by atoms with Gasteiger partial charge in [-0.15, -0.1) is 0 Å². The number of aliphatic hydroxyl groups is 2. The maximum atomic E-state index is 10.5. The van der Waals surface area contributed by atoms with Crippen LogP contribution in [0.4, 0.5) is 0 Å². The zero-order chi connectivity index (χ0) is 31.6. The number of hydrogen-bond acceptors (Lipinski definition) is 8. The SMILES string of the molecule is C[C@H](O)[C@H](O)[CH2][Ti][c]1cccc2c3nc4nc(nc5[nH]c(nc6nc(nc([nH]3)c12)-c1ccccc1-6)c1ccccc51)-c1ccccc1-4. The van der Waals surface area contributed by atoms with Crippen LogP contribution < -0.4 is 3.87 Å². The van der Waals surface area contributed by atoms with E-state index in [1.165, 1.54) is 0 Å². The summed E-state index contributed by atoms with van der Waals surface area (Å²) in [6, 6.07) is 30.1. The number of H-pyrrole nitrogens is 2. The number of aliphatic hydroxyl groups excluding tert-OH is 2. The number of nitrogens with one attached hydrogen (secondary N) is 2. The number of hydrogen-bond donors (Lipinski definition) is 4. The Morgan fingerprint density at radius 2 is 0.957 bits per heavy atom. The molecule has 226 valence electrons. The molecule has 0 fully saturated rings. The van der Waals surface area contributed by atoms with Crippen LogP contribution in [0.5, 0.6) is 0 Å². The summed E-state index contributed by atoms with van der Waals surface area (Å²) in [7, 11) is 0. The molecule has 0 saturated heterocycles. The topological polar surface area (TPSA) is 149 Å². The third kappa shape index (κ3) is 4.68. The maximum absolute atomic E-state index is 10.5.